The molecule has 0 saturated carbocycles. The van der Waals surface area contributed by atoms with Crippen molar-refractivity contribution >= 4 is 0 Å². The number of hydrogen-bond acceptors (Lipinski definition) is 2. The van der Waals surface area contributed by atoms with Gasteiger partial charge in [-0.15, -0.1) is 0 Å². The van der Waals surface area contributed by atoms with Gasteiger partial charge in [0, 0.05) is 5.41 Å². The van der Waals surface area contributed by atoms with E-state index in [4.69, 9.17) is 9.47 Å². The molecule has 102 valence electrons. The van der Waals surface area contributed by atoms with Crippen molar-refractivity contribution in [2.24, 2.45) is 10.8 Å². The first-order valence-electron chi connectivity index (χ1n) is 6.84. The first-order chi connectivity index (χ1) is 7.58. The number of hydrogen-bond donors (Lipinski definition) is 0. The van der Waals surface area contributed by atoms with Crippen LogP contribution in [0.2, 0.25) is 0 Å². The smallest absolute Gasteiger partial charge is 0.0882 e. The normalized spacial score (nSPS) is 21.7. The van der Waals surface area contributed by atoms with Crippen LogP contribution in [0.5, 0.6) is 0 Å². The fourth-order valence-corrected chi connectivity index (χ4v) is 2.30. The molecule has 1 aliphatic heterocycles. The SMILES string of the molecule is CCC(C)(C)CC(C)(C)OCC(C)(C)C1CO1. The second-order valence-corrected chi connectivity index (χ2v) is 7.55. The van der Waals surface area contributed by atoms with Crippen LogP contribution >= 0.6 is 0 Å². The van der Waals surface area contributed by atoms with Crippen LogP contribution < -0.4 is 0 Å². The minimum Gasteiger partial charge on any atom is -0.375 e. The van der Waals surface area contributed by atoms with Gasteiger partial charge in [-0.3, -0.25) is 0 Å². The van der Waals surface area contributed by atoms with Gasteiger partial charge in [0.2, 0.25) is 0 Å². The Balaban J connectivity index is 2.43. The number of ether oxygens (including phenoxy) is 2. The molecule has 1 aliphatic rings. The molecular formula is C15H30O2. The quantitative estimate of drug-likeness (QED) is 0.629. The summed E-state index contributed by atoms with van der Waals surface area (Å²) >= 11 is 0. The average molecular weight is 242 g/mol. The zero-order valence-corrected chi connectivity index (χ0v) is 12.7. The molecule has 0 radical (unpaired) electrons. The Morgan fingerprint density at radius 3 is 2.06 bits per heavy atom. The topological polar surface area (TPSA) is 21.8 Å². The van der Waals surface area contributed by atoms with Gasteiger partial charge in [0.15, 0.2) is 0 Å². The van der Waals surface area contributed by atoms with Gasteiger partial charge in [0.1, 0.15) is 0 Å². The van der Waals surface area contributed by atoms with Gasteiger partial charge < -0.3 is 9.47 Å². The van der Waals surface area contributed by atoms with E-state index in [9.17, 15) is 0 Å². The zero-order chi connectivity index (χ0) is 13.3. The Bertz CT molecular complexity index is 250. The molecule has 0 spiro atoms. The molecular weight excluding hydrogens is 212 g/mol. The van der Waals surface area contributed by atoms with Crippen molar-refractivity contribution in [3.8, 4) is 0 Å². The van der Waals surface area contributed by atoms with Crippen LogP contribution in [0.3, 0.4) is 0 Å². The molecule has 0 aromatic rings. The summed E-state index contributed by atoms with van der Waals surface area (Å²) in [5.74, 6) is 0. The fourth-order valence-electron chi connectivity index (χ4n) is 2.30. The van der Waals surface area contributed by atoms with Crippen LogP contribution in [0.1, 0.15) is 61.3 Å². The second kappa shape index (κ2) is 4.89. The molecule has 0 N–H and O–H groups in total. The molecule has 1 saturated heterocycles. The fraction of sp³-hybridized carbons (Fsp3) is 1.00. The van der Waals surface area contributed by atoms with E-state index in [1.165, 1.54) is 6.42 Å². The lowest BCUT2D eigenvalue weighted by Gasteiger charge is -2.36. The summed E-state index contributed by atoms with van der Waals surface area (Å²) in [6, 6.07) is 0. The first-order valence-corrected chi connectivity index (χ1v) is 6.84. The van der Waals surface area contributed by atoms with Gasteiger partial charge in [0.05, 0.1) is 24.9 Å². The minimum absolute atomic E-state index is 0.0499. The summed E-state index contributed by atoms with van der Waals surface area (Å²) in [5, 5.41) is 0. The Kier molecular flexibility index (Phi) is 4.31. The molecule has 0 aliphatic carbocycles. The van der Waals surface area contributed by atoms with Crippen LogP contribution in [0.15, 0.2) is 0 Å². The highest BCUT2D eigenvalue weighted by atomic mass is 16.6. The van der Waals surface area contributed by atoms with Crippen molar-refractivity contribution in [2.75, 3.05) is 13.2 Å². The van der Waals surface area contributed by atoms with Crippen LogP contribution in [0, 0.1) is 10.8 Å². The van der Waals surface area contributed by atoms with E-state index < -0.39 is 0 Å². The van der Waals surface area contributed by atoms with Crippen molar-refractivity contribution in [3.05, 3.63) is 0 Å². The van der Waals surface area contributed by atoms with Gasteiger partial charge in [-0.05, 0) is 25.7 Å². The number of epoxide rings is 1. The van der Waals surface area contributed by atoms with Crippen LogP contribution in [0.4, 0.5) is 0 Å². The van der Waals surface area contributed by atoms with E-state index in [-0.39, 0.29) is 11.0 Å². The summed E-state index contributed by atoms with van der Waals surface area (Å²) in [7, 11) is 0. The minimum atomic E-state index is -0.0499. The van der Waals surface area contributed by atoms with Crippen LogP contribution in [0.25, 0.3) is 0 Å². The van der Waals surface area contributed by atoms with Gasteiger partial charge in [-0.2, -0.15) is 0 Å². The highest BCUT2D eigenvalue weighted by Gasteiger charge is 2.41. The monoisotopic (exact) mass is 242 g/mol. The third kappa shape index (κ3) is 4.97. The summed E-state index contributed by atoms with van der Waals surface area (Å²) in [6.07, 6.45) is 2.69. The lowest BCUT2D eigenvalue weighted by Crippen LogP contribution is -2.36. The summed E-state index contributed by atoms with van der Waals surface area (Å²) in [4.78, 5) is 0. The maximum atomic E-state index is 6.15. The van der Waals surface area contributed by atoms with E-state index in [0.29, 0.717) is 11.5 Å². The average Bonchev–Trinajstić information content (AvgIpc) is 2.97. The molecule has 2 nitrogen and oxygen atoms in total. The lowest BCUT2D eigenvalue weighted by atomic mass is 9.79. The van der Waals surface area contributed by atoms with Gasteiger partial charge >= 0.3 is 0 Å². The molecule has 1 rings (SSSR count). The van der Waals surface area contributed by atoms with Gasteiger partial charge in [0.25, 0.3) is 0 Å². The maximum absolute atomic E-state index is 6.15. The Morgan fingerprint density at radius 2 is 1.65 bits per heavy atom. The predicted octanol–water partition coefficient (Wildman–Crippen LogP) is 4.03. The van der Waals surface area contributed by atoms with Crippen molar-refractivity contribution in [2.45, 2.75) is 73.0 Å². The predicted molar refractivity (Wildman–Crippen MR) is 72.2 cm³/mol. The highest BCUT2D eigenvalue weighted by Crippen LogP contribution is 2.37. The molecule has 0 amide bonds. The third-order valence-electron chi connectivity index (χ3n) is 3.90. The zero-order valence-electron chi connectivity index (χ0n) is 12.7. The molecule has 1 unspecified atom stereocenters. The standard InChI is InChI=1S/C15H30O2/c1-8-13(2,3)10-15(6,7)17-11-14(4,5)12-9-16-12/h12H,8-11H2,1-7H3. The van der Waals surface area contributed by atoms with Crippen molar-refractivity contribution in [1.29, 1.82) is 0 Å². The highest BCUT2D eigenvalue weighted by molar-refractivity contribution is 4.88. The summed E-state index contributed by atoms with van der Waals surface area (Å²) < 4.78 is 11.5. The van der Waals surface area contributed by atoms with E-state index >= 15 is 0 Å². The largest absolute Gasteiger partial charge is 0.375 e. The second-order valence-electron chi connectivity index (χ2n) is 7.55. The van der Waals surface area contributed by atoms with Gasteiger partial charge in [-0.25, -0.2) is 0 Å². The van der Waals surface area contributed by atoms with Crippen LogP contribution in [-0.2, 0) is 9.47 Å². The molecule has 0 aromatic carbocycles. The Hall–Kier alpha value is -0.0800. The third-order valence-corrected chi connectivity index (χ3v) is 3.90. The van der Waals surface area contributed by atoms with Crippen LogP contribution in [-0.4, -0.2) is 24.9 Å². The Morgan fingerprint density at radius 1 is 1.12 bits per heavy atom. The van der Waals surface area contributed by atoms with E-state index in [2.05, 4.69) is 48.5 Å². The molecule has 1 atom stereocenters. The maximum Gasteiger partial charge on any atom is 0.0882 e. The van der Waals surface area contributed by atoms with Crippen molar-refractivity contribution in [1.82, 2.24) is 0 Å². The summed E-state index contributed by atoms with van der Waals surface area (Å²) in [6.45, 7) is 17.4. The molecule has 0 aromatic heterocycles. The van der Waals surface area contributed by atoms with E-state index in [1.807, 2.05) is 0 Å². The molecule has 1 fully saturated rings. The molecule has 17 heavy (non-hydrogen) atoms. The van der Waals surface area contributed by atoms with E-state index in [1.54, 1.807) is 0 Å². The lowest BCUT2D eigenvalue weighted by molar-refractivity contribution is -0.0811. The molecule has 1 heterocycles. The molecule has 2 heteroatoms. The Labute approximate surface area is 107 Å². The number of rotatable bonds is 7. The van der Waals surface area contributed by atoms with Crippen molar-refractivity contribution in [3.63, 3.8) is 0 Å². The molecule has 0 bridgehead atoms. The van der Waals surface area contributed by atoms with Crippen molar-refractivity contribution < 1.29 is 9.47 Å². The van der Waals surface area contributed by atoms with Gasteiger partial charge in [-0.1, -0.05) is 41.0 Å². The summed E-state index contributed by atoms with van der Waals surface area (Å²) in [5.41, 5.74) is 0.447. The van der Waals surface area contributed by atoms with E-state index in [0.717, 1.165) is 19.6 Å². The first kappa shape index (κ1) is 15.0.